The van der Waals surface area contributed by atoms with Crippen LogP contribution in [-0.2, 0) is 20.8 Å². The summed E-state index contributed by atoms with van der Waals surface area (Å²) in [6.07, 6.45) is 1.59. The van der Waals surface area contributed by atoms with E-state index in [-0.39, 0.29) is 18.0 Å². The molecule has 2 heterocycles. The van der Waals surface area contributed by atoms with Gasteiger partial charge in [-0.15, -0.1) is 0 Å². The van der Waals surface area contributed by atoms with E-state index in [1.165, 1.54) is 18.3 Å². The molecule has 2 unspecified atom stereocenters. The predicted molar refractivity (Wildman–Crippen MR) is 124 cm³/mol. The van der Waals surface area contributed by atoms with E-state index in [0.717, 1.165) is 11.6 Å². The number of para-hydroxylation sites is 1. The van der Waals surface area contributed by atoms with E-state index >= 15 is 0 Å². The molecule has 0 aliphatic carbocycles. The fourth-order valence-electron chi connectivity index (χ4n) is 3.99. The largest absolute Gasteiger partial charge is 0.462 e. The summed E-state index contributed by atoms with van der Waals surface area (Å²) < 4.78 is 54.3. The van der Waals surface area contributed by atoms with Crippen molar-refractivity contribution in [3.63, 3.8) is 0 Å². The van der Waals surface area contributed by atoms with Crippen LogP contribution >= 0.6 is 0 Å². The minimum absolute atomic E-state index is 0.140. The second-order valence-electron chi connectivity index (χ2n) is 7.98. The molecule has 0 amide bonds. The van der Waals surface area contributed by atoms with E-state index in [9.17, 15) is 8.78 Å². The van der Waals surface area contributed by atoms with Gasteiger partial charge < -0.3 is 23.5 Å². The molecule has 1 aliphatic rings. The standard InChI is InChI=1S/C27H24F2N2O4/c28-20-11-12-22(23(29)17-20)25-30-13-14-31(25)24(26-32-15-16-33-26)27(35-21-9-5-2-6-10-21)34-18-19-7-3-1-4-8-19/h1-14,17,24,26-27H,15-16,18H2. The lowest BCUT2D eigenvalue weighted by Gasteiger charge is -2.32. The zero-order valence-electron chi connectivity index (χ0n) is 18.8. The average Bonchev–Trinajstić information content (AvgIpc) is 3.57. The minimum Gasteiger partial charge on any atom is -0.462 e. The van der Waals surface area contributed by atoms with Gasteiger partial charge in [-0.1, -0.05) is 48.5 Å². The normalized spacial score (nSPS) is 15.7. The summed E-state index contributed by atoms with van der Waals surface area (Å²) in [5.41, 5.74) is 1.09. The van der Waals surface area contributed by atoms with Crippen LogP contribution in [0.4, 0.5) is 8.78 Å². The summed E-state index contributed by atoms with van der Waals surface area (Å²) >= 11 is 0. The van der Waals surface area contributed by atoms with Gasteiger partial charge in [-0.25, -0.2) is 13.8 Å². The zero-order valence-corrected chi connectivity index (χ0v) is 18.8. The molecule has 0 N–H and O–H groups in total. The third-order valence-corrected chi connectivity index (χ3v) is 5.62. The van der Waals surface area contributed by atoms with Gasteiger partial charge in [0.25, 0.3) is 0 Å². The van der Waals surface area contributed by atoms with Crippen molar-refractivity contribution < 1.29 is 27.7 Å². The Balaban J connectivity index is 1.54. The fourth-order valence-corrected chi connectivity index (χ4v) is 3.99. The predicted octanol–water partition coefficient (Wildman–Crippen LogP) is 5.36. The first-order valence-electron chi connectivity index (χ1n) is 11.3. The Labute approximate surface area is 201 Å². The first-order valence-corrected chi connectivity index (χ1v) is 11.3. The fraction of sp³-hybridized carbons (Fsp3) is 0.222. The van der Waals surface area contributed by atoms with Gasteiger partial charge in [0.2, 0.25) is 6.29 Å². The van der Waals surface area contributed by atoms with Crippen molar-refractivity contribution in [2.45, 2.75) is 25.2 Å². The number of aromatic nitrogens is 2. The van der Waals surface area contributed by atoms with Crippen molar-refractivity contribution in [1.82, 2.24) is 9.55 Å². The smallest absolute Gasteiger partial charge is 0.226 e. The molecule has 6 nitrogen and oxygen atoms in total. The molecule has 5 rings (SSSR count). The molecule has 1 aromatic heterocycles. The van der Waals surface area contributed by atoms with Crippen molar-refractivity contribution in [1.29, 1.82) is 0 Å². The Bertz CT molecular complexity index is 1230. The van der Waals surface area contributed by atoms with Crippen LogP contribution in [0.15, 0.2) is 91.3 Å². The van der Waals surface area contributed by atoms with Gasteiger partial charge in [0, 0.05) is 18.5 Å². The summed E-state index contributed by atoms with van der Waals surface area (Å²) in [6, 6.07) is 21.6. The highest BCUT2D eigenvalue weighted by atomic mass is 19.1. The highest BCUT2D eigenvalue weighted by molar-refractivity contribution is 5.56. The summed E-state index contributed by atoms with van der Waals surface area (Å²) in [6.45, 7) is 1.05. The van der Waals surface area contributed by atoms with E-state index in [0.29, 0.717) is 19.0 Å². The van der Waals surface area contributed by atoms with Gasteiger partial charge in [-0.05, 0) is 29.8 Å². The molecule has 8 heteroatoms. The molecule has 35 heavy (non-hydrogen) atoms. The Hall–Kier alpha value is -3.59. The zero-order chi connectivity index (χ0) is 24.0. The molecule has 3 aromatic carbocycles. The van der Waals surface area contributed by atoms with Crippen LogP contribution in [0.3, 0.4) is 0 Å². The molecule has 1 aliphatic heterocycles. The number of benzene rings is 3. The van der Waals surface area contributed by atoms with Gasteiger partial charge >= 0.3 is 0 Å². The van der Waals surface area contributed by atoms with Gasteiger partial charge in [0.05, 0.1) is 25.4 Å². The van der Waals surface area contributed by atoms with Crippen molar-refractivity contribution in [3.05, 3.63) is 108 Å². The van der Waals surface area contributed by atoms with E-state index < -0.39 is 30.3 Å². The lowest BCUT2D eigenvalue weighted by atomic mass is 10.1. The van der Waals surface area contributed by atoms with Crippen LogP contribution in [0.25, 0.3) is 11.4 Å². The number of ether oxygens (including phenoxy) is 4. The molecule has 4 aromatic rings. The molecule has 2 atom stereocenters. The van der Waals surface area contributed by atoms with Crippen LogP contribution in [0.1, 0.15) is 11.6 Å². The molecular weight excluding hydrogens is 454 g/mol. The van der Waals surface area contributed by atoms with Crippen LogP contribution < -0.4 is 4.74 Å². The molecular formula is C27H24F2N2O4. The molecule has 0 saturated carbocycles. The van der Waals surface area contributed by atoms with E-state index in [2.05, 4.69) is 4.98 Å². The summed E-state index contributed by atoms with van der Waals surface area (Å²) in [4.78, 5) is 4.36. The third kappa shape index (κ3) is 5.40. The van der Waals surface area contributed by atoms with E-state index in [1.54, 1.807) is 10.8 Å². The van der Waals surface area contributed by atoms with Crippen molar-refractivity contribution in [2.75, 3.05) is 13.2 Å². The maximum atomic E-state index is 14.7. The van der Waals surface area contributed by atoms with Gasteiger partial charge in [0.1, 0.15) is 29.3 Å². The second-order valence-corrected chi connectivity index (χ2v) is 7.98. The van der Waals surface area contributed by atoms with Crippen LogP contribution in [0.2, 0.25) is 0 Å². The number of nitrogens with zero attached hydrogens (tertiary/aromatic N) is 2. The number of hydrogen-bond acceptors (Lipinski definition) is 5. The second kappa shape index (κ2) is 10.8. The van der Waals surface area contributed by atoms with Crippen LogP contribution in [-0.4, -0.2) is 35.3 Å². The minimum atomic E-state index is -0.892. The summed E-state index contributed by atoms with van der Waals surface area (Å²) in [5.74, 6) is -0.533. The lowest BCUT2D eigenvalue weighted by Crippen LogP contribution is -2.40. The monoisotopic (exact) mass is 478 g/mol. The number of hydrogen-bond donors (Lipinski definition) is 0. The number of imidazole rings is 1. The first-order chi connectivity index (χ1) is 17.2. The highest BCUT2D eigenvalue weighted by Crippen LogP contribution is 2.33. The SMILES string of the molecule is Fc1ccc(-c2nccn2C(C2OCCO2)C(OCc2ccccc2)Oc2ccccc2)c(F)c1. The van der Waals surface area contributed by atoms with Gasteiger partial charge in [-0.3, -0.25) is 0 Å². The van der Waals surface area contributed by atoms with Crippen LogP contribution in [0.5, 0.6) is 5.75 Å². The van der Waals surface area contributed by atoms with Crippen molar-refractivity contribution in [3.8, 4) is 17.1 Å². The lowest BCUT2D eigenvalue weighted by molar-refractivity contribution is -0.184. The van der Waals surface area contributed by atoms with Crippen molar-refractivity contribution in [2.24, 2.45) is 0 Å². The molecule has 1 fully saturated rings. The van der Waals surface area contributed by atoms with Crippen LogP contribution in [0, 0.1) is 11.6 Å². The van der Waals surface area contributed by atoms with Gasteiger partial charge in [-0.2, -0.15) is 0 Å². The quantitative estimate of drug-likeness (QED) is 0.303. The summed E-state index contributed by atoms with van der Waals surface area (Å²) in [5, 5.41) is 0. The highest BCUT2D eigenvalue weighted by Gasteiger charge is 2.39. The molecule has 1 saturated heterocycles. The van der Waals surface area contributed by atoms with E-state index in [4.69, 9.17) is 18.9 Å². The van der Waals surface area contributed by atoms with Gasteiger partial charge in [0.15, 0.2) is 6.29 Å². The first kappa shape index (κ1) is 23.2. The third-order valence-electron chi connectivity index (χ3n) is 5.62. The molecule has 0 bridgehead atoms. The van der Waals surface area contributed by atoms with E-state index in [1.807, 2.05) is 60.7 Å². The Kier molecular flexibility index (Phi) is 7.13. The number of halogens is 2. The van der Waals surface area contributed by atoms with Crippen molar-refractivity contribution >= 4 is 0 Å². The summed E-state index contributed by atoms with van der Waals surface area (Å²) in [7, 11) is 0. The molecule has 180 valence electrons. The number of rotatable bonds is 9. The Morgan fingerprint density at radius 1 is 0.943 bits per heavy atom. The molecule has 0 spiro atoms. The maximum Gasteiger partial charge on any atom is 0.226 e. The average molecular weight is 478 g/mol. The topological polar surface area (TPSA) is 54.7 Å². The Morgan fingerprint density at radius 3 is 2.37 bits per heavy atom. The maximum absolute atomic E-state index is 14.7. The Morgan fingerprint density at radius 2 is 1.66 bits per heavy atom. The molecule has 0 radical (unpaired) electrons.